The maximum absolute atomic E-state index is 14.4. The van der Waals surface area contributed by atoms with Crippen LogP contribution in [0.3, 0.4) is 0 Å². The minimum absolute atomic E-state index is 0.0229. The summed E-state index contributed by atoms with van der Waals surface area (Å²) < 4.78 is 5.25. The molecule has 52 heavy (non-hydrogen) atoms. The van der Waals surface area contributed by atoms with Gasteiger partial charge in [0.2, 0.25) is 11.8 Å². The van der Waals surface area contributed by atoms with Gasteiger partial charge in [-0.3, -0.25) is 14.4 Å². The molecule has 3 amide bonds. The van der Waals surface area contributed by atoms with E-state index in [1.807, 2.05) is 51.1 Å². The molecule has 0 unspecified atom stereocenters. The fourth-order valence-corrected chi connectivity index (χ4v) is 6.22. The average Bonchev–Trinajstić information content (AvgIpc) is 3.08. The van der Waals surface area contributed by atoms with Crippen LogP contribution in [0, 0.1) is 0 Å². The van der Waals surface area contributed by atoms with E-state index in [4.69, 9.17) is 51.1 Å². The molecular formula is C40H43Cl4N3O5. The van der Waals surface area contributed by atoms with Gasteiger partial charge < -0.3 is 20.3 Å². The Labute approximate surface area is 325 Å². The van der Waals surface area contributed by atoms with E-state index in [9.17, 15) is 19.2 Å². The van der Waals surface area contributed by atoms with E-state index in [0.717, 1.165) is 24.8 Å². The van der Waals surface area contributed by atoms with E-state index >= 15 is 0 Å². The zero-order chi connectivity index (χ0) is 37.8. The molecule has 1 aliphatic heterocycles. The Hall–Kier alpha value is -3.82. The highest BCUT2D eigenvalue weighted by molar-refractivity contribution is 6.42. The standard InChI is InChI=1S/C40H43Cl4N3O5/c1-40(2,3)52-39(51)45-18-10-5-4-9-13-36(48)46-35(23-26-11-7-6-8-12-26)38(50)47-24-29(19-27-14-16-31(41)33(43)21-27)37(49)30(25-47)20-28-15-17-32(42)34(44)22-28/h6-8,11-12,14-17,19-22,35H,4-5,9-10,13,18,23-25H2,1-3H3,(H,45,51)(H,46,48)/b29-19+,30-20+/t35-/m0/s1. The minimum Gasteiger partial charge on any atom is -0.444 e. The third kappa shape index (κ3) is 13.0. The summed E-state index contributed by atoms with van der Waals surface area (Å²) in [6.07, 6.45) is 6.41. The van der Waals surface area contributed by atoms with E-state index in [2.05, 4.69) is 10.6 Å². The highest BCUT2D eigenvalue weighted by atomic mass is 35.5. The van der Waals surface area contributed by atoms with Crippen LogP contribution in [-0.2, 0) is 25.5 Å². The second-order valence-corrected chi connectivity index (χ2v) is 15.2. The summed E-state index contributed by atoms with van der Waals surface area (Å²) in [4.78, 5) is 54.9. The van der Waals surface area contributed by atoms with Crippen LogP contribution in [0.4, 0.5) is 4.79 Å². The molecule has 0 spiro atoms. The monoisotopic (exact) mass is 785 g/mol. The first-order chi connectivity index (χ1) is 24.7. The molecule has 3 aromatic rings. The number of rotatable bonds is 13. The van der Waals surface area contributed by atoms with Gasteiger partial charge in [-0.25, -0.2) is 4.79 Å². The van der Waals surface area contributed by atoms with Gasteiger partial charge in [-0.1, -0.05) is 102 Å². The van der Waals surface area contributed by atoms with Crippen LogP contribution < -0.4 is 10.6 Å². The van der Waals surface area contributed by atoms with Crippen LogP contribution in [0.25, 0.3) is 12.2 Å². The molecule has 1 aliphatic rings. The lowest BCUT2D eigenvalue weighted by atomic mass is 9.93. The molecule has 3 aromatic carbocycles. The first-order valence-electron chi connectivity index (χ1n) is 17.1. The predicted molar refractivity (Wildman–Crippen MR) is 210 cm³/mol. The van der Waals surface area contributed by atoms with Crippen molar-refractivity contribution in [3.8, 4) is 0 Å². The second-order valence-electron chi connectivity index (χ2n) is 13.6. The number of carbonyl (C=O) groups is 4. The Balaban J connectivity index is 1.49. The molecule has 0 saturated carbocycles. The number of ketones is 1. The fourth-order valence-electron chi connectivity index (χ4n) is 5.61. The molecule has 8 nitrogen and oxygen atoms in total. The average molecular weight is 788 g/mol. The molecule has 1 heterocycles. The number of nitrogens with one attached hydrogen (secondary N) is 2. The predicted octanol–water partition coefficient (Wildman–Crippen LogP) is 9.38. The zero-order valence-electron chi connectivity index (χ0n) is 29.4. The molecule has 1 fully saturated rings. The quantitative estimate of drug-likeness (QED) is 0.133. The molecule has 0 aromatic heterocycles. The first-order valence-corrected chi connectivity index (χ1v) is 18.6. The Morgan fingerprint density at radius 1 is 0.788 bits per heavy atom. The number of hydrogen-bond donors (Lipinski definition) is 2. The van der Waals surface area contributed by atoms with Crippen LogP contribution in [0.2, 0.25) is 20.1 Å². The van der Waals surface area contributed by atoms with Crippen molar-refractivity contribution < 1.29 is 23.9 Å². The minimum atomic E-state index is -0.876. The number of amides is 3. The van der Waals surface area contributed by atoms with Gasteiger partial charge in [-0.15, -0.1) is 0 Å². The summed E-state index contributed by atoms with van der Waals surface area (Å²) in [6, 6.07) is 18.7. The molecule has 2 N–H and O–H groups in total. The molecule has 12 heteroatoms. The number of unbranched alkanes of at least 4 members (excludes halogenated alkanes) is 3. The van der Waals surface area contributed by atoms with Crippen molar-refractivity contribution in [3.05, 3.63) is 115 Å². The molecular weight excluding hydrogens is 744 g/mol. The van der Waals surface area contributed by atoms with Crippen molar-refractivity contribution in [2.24, 2.45) is 0 Å². The topological polar surface area (TPSA) is 105 Å². The summed E-state index contributed by atoms with van der Waals surface area (Å²) in [5, 5.41) is 7.15. The maximum Gasteiger partial charge on any atom is 0.407 e. The summed E-state index contributed by atoms with van der Waals surface area (Å²) in [6.45, 7) is 5.96. The van der Waals surface area contributed by atoms with Gasteiger partial charge in [-0.05, 0) is 86.7 Å². The number of nitrogens with zero attached hydrogens (tertiary/aromatic N) is 1. The Kier molecular flexibility index (Phi) is 15.2. The first kappa shape index (κ1) is 40.9. The lowest BCUT2D eigenvalue weighted by molar-refractivity contribution is -0.136. The van der Waals surface area contributed by atoms with Gasteiger partial charge in [0.25, 0.3) is 0 Å². The van der Waals surface area contributed by atoms with E-state index in [1.165, 1.54) is 0 Å². The van der Waals surface area contributed by atoms with Gasteiger partial charge >= 0.3 is 6.09 Å². The number of hydrogen-bond acceptors (Lipinski definition) is 5. The number of alkyl carbamates (subject to hydrolysis) is 1. The van der Waals surface area contributed by atoms with Crippen molar-refractivity contribution in [3.63, 3.8) is 0 Å². The highest BCUT2D eigenvalue weighted by Crippen LogP contribution is 2.29. The Morgan fingerprint density at radius 2 is 1.35 bits per heavy atom. The molecule has 276 valence electrons. The Morgan fingerprint density at radius 3 is 1.88 bits per heavy atom. The van der Waals surface area contributed by atoms with Crippen LogP contribution in [-0.4, -0.2) is 59.9 Å². The number of benzene rings is 3. The lowest BCUT2D eigenvalue weighted by Gasteiger charge is -2.33. The van der Waals surface area contributed by atoms with E-state index in [1.54, 1.807) is 53.5 Å². The van der Waals surface area contributed by atoms with Crippen LogP contribution in [0.15, 0.2) is 77.9 Å². The van der Waals surface area contributed by atoms with Gasteiger partial charge in [0.1, 0.15) is 11.6 Å². The summed E-state index contributed by atoms with van der Waals surface area (Å²) in [5.41, 5.74) is 2.36. The van der Waals surface area contributed by atoms with Crippen molar-refractivity contribution in [2.75, 3.05) is 19.6 Å². The van der Waals surface area contributed by atoms with Crippen LogP contribution >= 0.6 is 46.4 Å². The van der Waals surface area contributed by atoms with E-state index < -0.39 is 17.7 Å². The third-order valence-corrected chi connectivity index (χ3v) is 9.58. The van der Waals surface area contributed by atoms with Gasteiger partial charge in [0, 0.05) is 43.6 Å². The normalized spacial score (nSPS) is 15.4. The van der Waals surface area contributed by atoms with Gasteiger partial charge in [0.05, 0.1) is 20.1 Å². The summed E-state index contributed by atoms with van der Waals surface area (Å²) in [5.74, 6) is -0.795. The molecule has 0 bridgehead atoms. The molecule has 0 aliphatic carbocycles. The second kappa shape index (κ2) is 19.3. The number of piperidine rings is 1. The molecule has 4 rings (SSSR count). The number of likely N-dealkylation sites (tertiary alicyclic amines) is 1. The van der Waals surface area contributed by atoms with Gasteiger partial charge in [0.15, 0.2) is 5.78 Å². The largest absolute Gasteiger partial charge is 0.444 e. The molecule has 1 atom stereocenters. The lowest BCUT2D eigenvalue weighted by Crippen LogP contribution is -2.52. The molecule has 1 saturated heterocycles. The number of ether oxygens (including phenoxy) is 1. The zero-order valence-corrected chi connectivity index (χ0v) is 32.5. The van der Waals surface area contributed by atoms with Crippen molar-refractivity contribution in [2.45, 2.75) is 70.9 Å². The summed E-state index contributed by atoms with van der Waals surface area (Å²) in [7, 11) is 0. The van der Waals surface area contributed by atoms with Crippen molar-refractivity contribution in [1.82, 2.24) is 15.5 Å². The van der Waals surface area contributed by atoms with Crippen LogP contribution in [0.1, 0.15) is 69.6 Å². The smallest absolute Gasteiger partial charge is 0.407 e. The van der Waals surface area contributed by atoms with E-state index in [-0.39, 0.29) is 43.5 Å². The van der Waals surface area contributed by atoms with Gasteiger partial charge in [-0.2, -0.15) is 0 Å². The number of Topliss-reactive ketones (excluding diaryl/α,β-unsaturated/α-hetero) is 1. The van der Waals surface area contributed by atoms with E-state index in [0.29, 0.717) is 55.3 Å². The highest BCUT2D eigenvalue weighted by Gasteiger charge is 2.33. The number of carbonyl (C=O) groups excluding carboxylic acids is 4. The summed E-state index contributed by atoms with van der Waals surface area (Å²) >= 11 is 24.8. The SMILES string of the molecule is CC(C)(C)OC(=O)NCCCCCCC(=O)N[C@@H](Cc1ccccc1)C(=O)N1C/C(=C\c2ccc(Cl)c(Cl)c2)C(=O)/C(=C/c2ccc(Cl)c(Cl)c2)C1. The fraction of sp³-hybridized carbons (Fsp3) is 0.350. The number of halogens is 4. The Bertz CT molecular complexity index is 1750. The van der Waals surface area contributed by atoms with Crippen molar-refractivity contribution >= 4 is 82.2 Å². The van der Waals surface area contributed by atoms with Crippen LogP contribution in [0.5, 0.6) is 0 Å². The maximum atomic E-state index is 14.4. The molecule has 0 radical (unpaired) electrons. The third-order valence-electron chi connectivity index (χ3n) is 8.10. The van der Waals surface area contributed by atoms with Crippen molar-refractivity contribution in [1.29, 1.82) is 0 Å².